The van der Waals surface area contributed by atoms with Crippen molar-refractivity contribution in [3.63, 3.8) is 0 Å². The molecule has 0 fully saturated rings. The van der Waals surface area contributed by atoms with Crippen LogP contribution in [0.1, 0.15) is 22.3 Å². The predicted octanol–water partition coefficient (Wildman–Crippen LogP) is 3.76. The molecule has 0 radical (unpaired) electrons. The highest BCUT2D eigenvalue weighted by Gasteiger charge is 2.25. The van der Waals surface area contributed by atoms with Gasteiger partial charge in [-0.2, -0.15) is 0 Å². The third kappa shape index (κ3) is 1.90. The number of fused-ring (bicyclic) bond motifs is 2. The van der Waals surface area contributed by atoms with E-state index in [0.717, 1.165) is 29.8 Å². The molecule has 3 nitrogen and oxygen atoms in total. The van der Waals surface area contributed by atoms with Crippen molar-refractivity contribution in [2.24, 2.45) is 0 Å². The monoisotopic (exact) mass is 351 g/mol. The van der Waals surface area contributed by atoms with Crippen LogP contribution in [0.15, 0.2) is 28.1 Å². The van der Waals surface area contributed by atoms with Crippen LogP contribution in [0, 0.1) is 5.82 Å². The number of nitrogens with one attached hydrogen (secondary N) is 2. The number of halogens is 2. The van der Waals surface area contributed by atoms with E-state index in [4.69, 9.17) is 0 Å². The van der Waals surface area contributed by atoms with Gasteiger partial charge in [-0.25, -0.2) is 9.37 Å². The summed E-state index contributed by atoms with van der Waals surface area (Å²) in [6.45, 7) is 0.938. The van der Waals surface area contributed by atoms with E-state index in [2.05, 4.69) is 42.7 Å². The zero-order valence-corrected chi connectivity index (χ0v) is 12.8. The molecule has 20 heavy (non-hydrogen) atoms. The van der Waals surface area contributed by atoms with E-state index in [0.29, 0.717) is 4.47 Å². The number of aromatic nitrogens is 2. The van der Waals surface area contributed by atoms with Gasteiger partial charge in [0.25, 0.3) is 0 Å². The molecule has 1 aliphatic heterocycles. The zero-order valence-electron chi connectivity index (χ0n) is 10.4. The lowest BCUT2D eigenvalue weighted by Gasteiger charge is -2.22. The summed E-state index contributed by atoms with van der Waals surface area (Å²) in [4.78, 5) is 9.25. The molecule has 0 bridgehead atoms. The number of hydrogen-bond acceptors (Lipinski definition) is 3. The van der Waals surface area contributed by atoms with Crippen molar-refractivity contribution in [3.8, 4) is 0 Å². The molecule has 1 unspecified atom stereocenters. The normalized spacial score (nSPS) is 18.4. The number of thiophene rings is 1. The van der Waals surface area contributed by atoms with Crippen molar-refractivity contribution in [1.82, 2.24) is 15.3 Å². The van der Waals surface area contributed by atoms with Crippen LogP contribution in [0.25, 0.3) is 11.0 Å². The maximum atomic E-state index is 13.6. The van der Waals surface area contributed by atoms with Crippen LogP contribution in [0.2, 0.25) is 0 Å². The summed E-state index contributed by atoms with van der Waals surface area (Å²) in [6.07, 6.45) is 1.06. The van der Waals surface area contributed by atoms with Gasteiger partial charge in [-0.15, -0.1) is 11.3 Å². The van der Waals surface area contributed by atoms with Crippen LogP contribution in [0.5, 0.6) is 0 Å². The highest BCUT2D eigenvalue weighted by molar-refractivity contribution is 9.10. The fraction of sp³-hybridized carbons (Fsp3) is 0.214. The summed E-state index contributed by atoms with van der Waals surface area (Å²) in [5.74, 6) is 0.567. The molecule has 0 amide bonds. The van der Waals surface area contributed by atoms with Crippen LogP contribution in [0.4, 0.5) is 4.39 Å². The number of nitrogens with zero attached hydrogens (tertiary/aromatic N) is 1. The van der Waals surface area contributed by atoms with E-state index in [9.17, 15) is 4.39 Å². The molecule has 2 aromatic heterocycles. The van der Waals surface area contributed by atoms with Crippen molar-refractivity contribution in [2.45, 2.75) is 12.5 Å². The van der Waals surface area contributed by atoms with Crippen LogP contribution in [-0.4, -0.2) is 16.5 Å². The molecule has 1 aromatic carbocycles. The number of aromatic amines is 1. The van der Waals surface area contributed by atoms with Gasteiger partial charge in [0.05, 0.1) is 21.5 Å². The van der Waals surface area contributed by atoms with Gasteiger partial charge in [-0.1, -0.05) is 0 Å². The Morgan fingerprint density at radius 1 is 1.40 bits per heavy atom. The maximum absolute atomic E-state index is 13.6. The van der Waals surface area contributed by atoms with E-state index in [1.54, 1.807) is 17.4 Å². The Labute approximate surface area is 127 Å². The zero-order chi connectivity index (χ0) is 13.7. The summed E-state index contributed by atoms with van der Waals surface area (Å²) in [6, 6.07) is 5.40. The predicted molar refractivity (Wildman–Crippen MR) is 81.6 cm³/mol. The minimum atomic E-state index is -0.277. The topological polar surface area (TPSA) is 40.7 Å². The summed E-state index contributed by atoms with van der Waals surface area (Å²) < 4.78 is 14.0. The SMILES string of the molecule is Fc1cc2[nH]c(C3NCCc4sccc43)nc2cc1Br. The van der Waals surface area contributed by atoms with Gasteiger partial charge in [0.1, 0.15) is 11.6 Å². The van der Waals surface area contributed by atoms with E-state index in [1.807, 2.05) is 0 Å². The van der Waals surface area contributed by atoms with Gasteiger partial charge in [0.15, 0.2) is 0 Å². The van der Waals surface area contributed by atoms with Crippen molar-refractivity contribution >= 4 is 38.3 Å². The first-order chi connectivity index (χ1) is 9.72. The Morgan fingerprint density at radius 2 is 2.30 bits per heavy atom. The van der Waals surface area contributed by atoms with Crippen LogP contribution in [-0.2, 0) is 6.42 Å². The van der Waals surface area contributed by atoms with Crippen LogP contribution in [0.3, 0.4) is 0 Å². The minimum Gasteiger partial charge on any atom is -0.340 e. The maximum Gasteiger partial charge on any atom is 0.139 e. The van der Waals surface area contributed by atoms with Crippen LogP contribution < -0.4 is 5.32 Å². The number of hydrogen-bond donors (Lipinski definition) is 2. The fourth-order valence-corrected chi connectivity index (χ4v) is 3.91. The highest BCUT2D eigenvalue weighted by Crippen LogP contribution is 2.32. The van der Waals surface area contributed by atoms with E-state index >= 15 is 0 Å². The van der Waals surface area contributed by atoms with Gasteiger partial charge in [0, 0.05) is 17.5 Å². The molecule has 0 spiro atoms. The summed E-state index contributed by atoms with van der Waals surface area (Å²) in [5, 5.41) is 5.59. The highest BCUT2D eigenvalue weighted by atomic mass is 79.9. The second kappa shape index (κ2) is 4.65. The van der Waals surface area contributed by atoms with Gasteiger partial charge in [-0.3, -0.25) is 0 Å². The van der Waals surface area contributed by atoms with E-state index < -0.39 is 0 Å². The fourth-order valence-electron chi connectivity index (χ4n) is 2.66. The summed E-state index contributed by atoms with van der Waals surface area (Å²) in [5.41, 5.74) is 2.78. The lowest BCUT2D eigenvalue weighted by Crippen LogP contribution is -2.30. The molecule has 102 valence electrons. The molecule has 0 saturated carbocycles. The second-order valence-electron chi connectivity index (χ2n) is 4.84. The Balaban J connectivity index is 1.84. The first-order valence-corrected chi connectivity index (χ1v) is 8.04. The number of rotatable bonds is 1. The molecule has 4 rings (SSSR count). The van der Waals surface area contributed by atoms with Crippen molar-refractivity contribution in [1.29, 1.82) is 0 Å². The van der Waals surface area contributed by atoms with Crippen molar-refractivity contribution < 1.29 is 4.39 Å². The number of benzene rings is 1. The molecule has 3 heterocycles. The van der Waals surface area contributed by atoms with Gasteiger partial charge in [0.2, 0.25) is 0 Å². The third-order valence-electron chi connectivity index (χ3n) is 3.61. The summed E-state index contributed by atoms with van der Waals surface area (Å²) >= 11 is 4.98. The lowest BCUT2D eigenvalue weighted by molar-refractivity contribution is 0.555. The average Bonchev–Trinajstić information content (AvgIpc) is 3.05. The molecule has 3 aromatic rings. The number of H-pyrrole nitrogens is 1. The molecule has 0 aliphatic carbocycles. The standard InChI is InChI=1S/C14H11BrFN3S/c15-8-5-10-11(6-9(8)16)19-14(18-10)13-7-2-4-20-12(7)1-3-17-13/h2,4-6,13,17H,1,3H2,(H,18,19). The van der Waals surface area contributed by atoms with E-state index in [1.165, 1.54) is 16.5 Å². The molecule has 0 saturated heterocycles. The molecule has 1 atom stereocenters. The van der Waals surface area contributed by atoms with E-state index in [-0.39, 0.29) is 11.9 Å². The molecular formula is C14H11BrFN3S. The molecular weight excluding hydrogens is 341 g/mol. The Bertz CT molecular complexity index is 756. The van der Waals surface area contributed by atoms with Gasteiger partial charge in [-0.05, 0) is 45.4 Å². The summed E-state index contributed by atoms with van der Waals surface area (Å²) in [7, 11) is 0. The lowest BCUT2D eigenvalue weighted by atomic mass is 10.0. The Morgan fingerprint density at radius 3 is 3.20 bits per heavy atom. The second-order valence-corrected chi connectivity index (χ2v) is 6.70. The van der Waals surface area contributed by atoms with Crippen molar-refractivity contribution in [2.75, 3.05) is 6.54 Å². The van der Waals surface area contributed by atoms with Crippen LogP contribution >= 0.6 is 27.3 Å². The smallest absolute Gasteiger partial charge is 0.139 e. The first kappa shape index (κ1) is 12.5. The first-order valence-electron chi connectivity index (χ1n) is 6.36. The number of imidazole rings is 1. The van der Waals surface area contributed by atoms with Gasteiger partial charge < -0.3 is 10.3 Å². The Hall–Kier alpha value is -1.24. The quantitative estimate of drug-likeness (QED) is 0.700. The molecule has 6 heteroatoms. The van der Waals surface area contributed by atoms with Gasteiger partial charge >= 0.3 is 0 Å². The molecule has 1 aliphatic rings. The van der Waals surface area contributed by atoms with Crippen molar-refractivity contribution in [3.05, 3.63) is 50.1 Å². The average molecular weight is 352 g/mol. The molecule has 2 N–H and O–H groups in total. The minimum absolute atomic E-state index is 0.0687. The Kier molecular flexibility index (Phi) is 2.90. The largest absolute Gasteiger partial charge is 0.340 e. The third-order valence-corrected chi connectivity index (χ3v) is 5.21.